The van der Waals surface area contributed by atoms with Crippen molar-refractivity contribution >= 4 is 6.29 Å². The average molecular weight is 261 g/mol. The molecule has 3 atom stereocenters. The molecule has 1 aromatic rings. The van der Waals surface area contributed by atoms with E-state index >= 15 is 0 Å². The summed E-state index contributed by atoms with van der Waals surface area (Å²) in [7, 11) is 0. The highest BCUT2D eigenvalue weighted by molar-refractivity contribution is 5.68. The molecule has 2 rings (SSSR count). The molecule has 19 heavy (non-hydrogen) atoms. The first-order valence-electron chi connectivity index (χ1n) is 6.97. The zero-order valence-corrected chi connectivity index (χ0v) is 11.7. The molecule has 1 aromatic carbocycles. The lowest BCUT2D eigenvalue weighted by atomic mass is 9.83. The summed E-state index contributed by atoms with van der Waals surface area (Å²) in [6, 6.07) is 10.1. The summed E-state index contributed by atoms with van der Waals surface area (Å²) in [5.41, 5.74) is 0.542. The quantitative estimate of drug-likeness (QED) is 0.822. The Kier molecular flexibility index (Phi) is 4.38. The molecule has 3 unspecified atom stereocenters. The topological polar surface area (TPSA) is 40.5 Å². The van der Waals surface area contributed by atoms with Crippen molar-refractivity contribution in [2.75, 3.05) is 19.7 Å². The number of rotatable bonds is 5. The lowest BCUT2D eigenvalue weighted by Crippen LogP contribution is -2.44. The van der Waals surface area contributed by atoms with E-state index in [0.717, 1.165) is 24.8 Å². The number of carbonyl (C=O) groups is 1. The van der Waals surface area contributed by atoms with E-state index in [1.54, 1.807) is 0 Å². The summed E-state index contributed by atoms with van der Waals surface area (Å²) < 4.78 is 0. The summed E-state index contributed by atoms with van der Waals surface area (Å²) in [4.78, 5) is 13.9. The van der Waals surface area contributed by atoms with Crippen LogP contribution in [-0.2, 0) is 10.2 Å². The predicted octanol–water partition coefficient (Wildman–Crippen LogP) is 1.85. The molecule has 0 bridgehead atoms. The van der Waals surface area contributed by atoms with E-state index in [1.165, 1.54) is 0 Å². The van der Waals surface area contributed by atoms with Crippen molar-refractivity contribution < 1.29 is 9.90 Å². The SMILES string of the molecule is CC1CCN(CC(C)(C=O)c2ccccc2)C1CO. The maximum absolute atomic E-state index is 11.6. The Balaban J connectivity index is 2.17. The van der Waals surface area contributed by atoms with Crippen LogP contribution in [0.5, 0.6) is 0 Å². The molecule has 0 spiro atoms. The van der Waals surface area contributed by atoms with Crippen LogP contribution >= 0.6 is 0 Å². The van der Waals surface area contributed by atoms with Crippen molar-refractivity contribution in [3.63, 3.8) is 0 Å². The Bertz CT molecular complexity index is 420. The standard InChI is InChI=1S/C16H23NO2/c1-13-8-9-17(15(13)10-18)11-16(2,12-19)14-6-4-3-5-7-14/h3-7,12-13,15,18H,8-11H2,1-2H3. The van der Waals surface area contributed by atoms with Crippen LogP contribution in [0.3, 0.4) is 0 Å². The summed E-state index contributed by atoms with van der Waals surface area (Å²) in [5.74, 6) is 0.497. The molecule has 1 saturated heterocycles. The molecule has 1 N–H and O–H groups in total. The molecule has 0 aromatic heterocycles. The third-order valence-electron chi connectivity index (χ3n) is 4.41. The Labute approximate surface area is 115 Å². The van der Waals surface area contributed by atoms with Gasteiger partial charge in [-0.15, -0.1) is 0 Å². The van der Waals surface area contributed by atoms with Gasteiger partial charge in [0.05, 0.1) is 12.0 Å². The van der Waals surface area contributed by atoms with Crippen LogP contribution in [0.15, 0.2) is 30.3 Å². The van der Waals surface area contributed by atoms with Gasteiger partial charge in [-0.1, -0.05) is 37.3 Å². The first-order chi connectivity index (χ1) is 9.10. The molecule has 0 saturated carbocycles. The van der Waals surface area contributed by atoms with E-state index in [-0.39, 0.29) is 12.6 Å². The molecule has 1 aliphatic heterocycles. The van der Waals surface area contributed by atoms with Crippen molar-refractivity contribution in [2.45, 2.75) is 31.7 Å². The molecular formula is C16H23NO2. The highest BCUT2D eigenvalue weighted by Crippen LogP contribution is 2.29. The number of carbonyl (C=O) groups excluding carboxylic acids is 1. The smallest absolute Gasteiger partial charge is 0.131 e. The number of nitrogens with zero attached hydrogens (tertiary/aromatic N) is 1. The number of aliphatic hydroxyl groups is 1. The average Bonchev–Trinajstić information content (AvgIpc) is 2.79. The molecular weight excluding hydrogens is 238 g/mol. The Morgan fingerprint density at radius 2 is 2.11 bits per heavy atom. The van der Waals surface area contributed by atoms with Gasteiger partial charge in [-0.25, -0.2) is 0 Å². The monoisotopic (exact) mass is 261 g/mol. The van der Waals surface area contributed by atoms with Gasteiger partial charge in [0.15, 0.2) is 0 Å². The molecule has 3 nitrogen and oxygen atoms in total. The van der Waals surface area contributed by atoms with Crippen molar-refractivity contribution in [3.8, 4) is 0 Å². The Hall–Kier alpha value is -1.19. The van der Waals surface area contributed by atoms with E-state index in [0.29, 0.717) is 12.5 Å². The first-order valence-corrected chi connectivity index (χ1v) is 6.97. The maximum atomic E-state index is 11.6. The summed E-state index contributed by atoms with van der Waals surface area (Å²) in [6.07, 6.45) is 2.13. The second-order valence-corrected chi connectivity index (χ2v) is 5.89. The van der Waals surface area contributed by atoms with Gasteiger partial charge < -0.3 is 9.90 Å². The molecule has 1 fully saturated rings. The fourth-order valence-electron chi connectivity index (χ4n) is 3.02. The summed E-state index contributed by atoms with van der Waals surface area (Å²) in [5, 5.41) is 9.52. The van der Waals surface area contributed by atoms with Gasteiger partial charge in [0.25, 0.3) is 0 Å². The predicted molar refractivity (Wildman–Crippen MR) is 76.1 cm³/mol. The highest BCUT2D eigenvalue weighted by atomic mass is 16.3. The minimum Gasteiger partial charge on any atom is -0.395 e. The summed E-state index contributed by atoms with van der Waals surface area (Å²) >= 11 is 0. The fourth-order valence-corrected chi connectivity index (χ4v) is 3.02. The van der Waals surface area contributed by atoms with E-state index in [9.17, 15) is 9.90 Å². The van der Waals surface area contributed by atoms with Crippen molar-refractivity contribution in [1.82, 2.24) is 4.90 Å². The normalized spacial score (nSPS) is 27.1. The van der Waals surface area contributed by atoms with Gasteiger partial charge in [-0.05, 0) is 31.4 Å². The van der Waals surface area contributed by atoms with E-state index in [4.69, 9.17) is 0 Å². The van der Waals surface area contributed by atoms with Crippen LogP contribution < -0.4 is 0 Å². The Morgan fingerprint density at radius 3 is 2.68 bits per heavy atom. The lowest BCUT2D eigenvalue weighted by Gasteiger charge is -2.33. The minimum absolute atomic E-state index is 0.172. The van der Waals surface area contributed by atoms with Crippen molar-refractivity contribution in [3.05, 3.63) is 35.9 Å². The van der Waals surface area contributed by atoms with E-state index in [2.05, 4.69) is 11.8 Å². The van der Waals surface area contributed by atoms with Crippen LogP contribution in [0, 0.1) is 5.92 Å². The second kappa shape index (κ2) is 5.85. The first kappa shape index (κ1) is 14.2. The maximum Gasteiger partial charge on any atom is 0.131 e. The fraction of sp³-hybridized carbons (Fsp3) is 0.562. The van der Waals surface area contributed by atoms with Crippen LogP contribution in [0.1, 0.15) is 25.8 Å². The van der Waals surface area contributed by atoms with E-state index < -0.39 is 5.41 Å². The molecule has 0 aliphatic carbocycles. The molecule has 104 valence electrons. The number of benzene rings is 1. The lowest BCUT2D eigenvalue weighted by molar-refractivity contribution is -0.113. The van der Waals surface area contributed by atoms with Crippen LogP contribution in [0.4, 0.5) is 0 Å². The molecule has 1 heterocycles. The highest BCUT2D eigenvalue weighted by Gasteiger charge is 2.36. The minimum atomic E-state index is -0.501. The van der Waals surface area contributed by atoms with Crippen LogP contribution in [0.25, 0.3) is 0 Å². The van der Waals surface area contributed by atoms with Gasteiger partial charge in [-0.2, -0.15) is 0 Å². The van der Waals surface area contributed by atoms with Gasteiger partial charge >= 0.3 is 0 Å². The van der Waals surface area contributed by atoms with Gasteiger partial charge in [-0.3, -0.25) is 4.90 Å². The van der Waals surface area contributed by atoms with Crippen LogP contribution in [-0.4, -0.2) is 42.0 Å². The number of likely N-dealkylation sites (tertiary alicyclic amines) is 1. The number of hydrogen-bond donors (Lipinski definition) is 1. The number of aliphatic hydroxyl groups excluding tert-OH is 1. The molecule has 0 radical (unpaired) electrons. The van der Waals surface area contributed by atoms with E-state index in [1.807, 2.05) is 37.3 Å². The third kappa shape index (κ3) is 2.88. The van der Waals surface area contributed by atoms with Gasteiger partial charge in [0.1, 0.15) is 6.29 Å². The molecule has 3 heteroatoms. The van der Waals surface area contributed by atoms with Crippen molar-refractivity contribution in [1.29, 1.82) is 0 Å². The molecule has 0 amide bonds. The molecule has 1 aliphatic rings. The zero-order chi connectivity index (χ0) is 13.9. The third-order valence-corrected chi connectivity index (χ3v) is 4.41. The summed E-state index contributed by atoms with van der Waals surface area (Å²) in [6.45, 7) is 5.96. The van der Waals surface area contributed by atoms with Crippen LogP contribution in [0.2, 0.25) is 0 Å². The zero-order valence-electron chi connectivity index (χ0n) is 11.7. The van der Waals surface area contributed by atoms with Crippen molar-refractivity contribution in [2.24, 2.45) is 5.92 Å². The number of hydrogen-bond acceptors (Lipinski definition) is 3. The number of aldehydes is 1. The van der Waals surface area contributed by atoms with Gasteiger partial charge in [0, 0.05) is 12.6 Å². The van der Waals surface area contributed by atoms with Gasteiger partial charge in [0.2, 0.25) is 0 Å². The largest absolute Gasteiger partial charge is 0.395 e. The second-order valence-electron chi connectivity index (χ2n) is 5.89. The Morgan fingerprint density at radius 1 is 1.42 bits per heavy atom.